The Labute approximate surface area is 116 Å². The molecule has 0 spiro atoms. The Morgan fingerprint density at radius 2 is 1.84 bits per heavy atom. The fourth-order valence-electron chi connectivity index (χ4n) is 2.35. The van der Waals surface area contributed by atoms with Crippen LogP contribution in [-0.2, 0) is 6.42 Å². The summed E-state index contributed by atoms with van der Waals surface area (Å²) < 4.78 is 0. The quantitative estimate of drug-likeness (QED) is 0.791. The molecule has 2 N–H and O–H groups in total. The molecule has 0 radical (unpaired) electrons. The van der Waals surface area contributed by atoms with Crippen molar-refractivity contribution in [2.75, 3.05) is 23.7 Å². The standard InChI is InChI=1S/C15H26N4/c1-5-7-12-18-13(16-6-2)8-14(19-12)17-10-11-9-15(11,3)4/h8,11H,5-7,9-10H2,1-4H3,(H2,16,17,18,19). The number of hydrogen-bond acceptors (Lipinski definition) is 4. The molecule has 19 heavy (non-hydrogen) atoms. The van der Waals surface area contributed by atoms with Crippen LogP contribution in [0.25, 0.3) is 0 Å². The van der Waals surface area contributed by atoms with Gasteiger partial charge < -0.3 is 10.6 Å². The number of anilines is 2. The summed E-state index contributed by atoms with van der Waals surface area (Å²) in [5.41, 5.74) is 0.511. The van der Waals surface area contributed by atoms with Crippen LogP contribution in [0, 0.1) is 11.3 Å². The summed E-state index contributed by atoms with van der Waals surface area (Å²) in [6, 6.07) is 2.01. The van der Waals surface area contributed by atoms with Gasteiger partial charge in [0.15, 0.2) is 0 Å². The molecule has 106 valence electrons. The summed E-state index contributed by atoms with van der Waals surface area (Å²) in [6.07, 6.45) is 3.32. The molecule has 1 aromatic heterocycles. The van der Waals surface area contributed by atoms with Crippen molar-refractivity contribution in [3.05, 3.63) is 11.9 Å². The van der Waals surface area contributed by atoms with Crippen molar-refractivity contribution in [1.29, 1.82) is 0 Å². The van der Waals surface area contributed by atoms with Gasteiger partial charge in [0, 0.05) is 25.6 Å². The van der Waals surface area contributed by atoms with E-state index in [0.717, 1.165) is 49.3 Å². The summed E-state index contributed by atoms with van der Waals surface area (Å²) in [6.45, 7) is 10.8. The third kappa shape index (κ3) is 3.82. The molecular formula is C15H26N4. The molecule has 2 rings (SSSR count). The SMILES string of the molecule is CCCc1nc(NCC)cc(NCC2CC2(C)C)n1. The first-order valence-corrected chi connectivity index (χ1v) is 7.41. The smallest absolute Gasteiger partial charge is 0.133 e. The zero-order valence-electron chi connectivity index (χ0n) is 12.6. The summed E-state index contributed by atoms with van der Waals surface area (Å²) in [4.78, 5) is 9.11. The molecule has 4 heteroatoms. The van der Waals surface area contributed by atoms with Crippen molar-refractivity contribution >= 4 is 11.6 Å². The van der Waals surface area contributed by atoms with Gasteiger partial charge in [-0.15, -0.1) is 0 Å². The Bertz CT molecular complexity index is 404. The normalized spacial score (nSPS) is 20.1. The lowest BCUT2D eigenvalue weighted by Gasteiger charge is -2.11. The first-order valence-electron chi connectivity index (χ1n) is 7.41. The highest BCUT2D eigenvalue weighted by Crippen LogP contribution is 2.51. The van der Waals surface area contributed by atoms with E-state index < -0.39 is 0 Å². The van der Waals surface area contributed by atoms with E-state index in [1.807, 2.05) is 6.07 Å². The van der Waals surface area contributed by atoms with Crippen LogP contribution < -0.4 is 10.6 Å². The maximum Gasteiger partial charge on any atom is 0.133 e. The molecule has 0 bridgehead atoms. The van der Waals surface area contributed by atoms with Gasteiger partial charge in [0.25, 0.3) is 0 Å². The van der Waals surface area contributed by atoms with Crippen LogP contribution >= 0.6 is 0 Å². The van der Waals surface area contributed by atoms with Crippen LogP contribution in [0.1, 0.15) is 46.4 Å². The Morgan fingerprint density at radius 3 is 2.37 bits per heavy atom. The Kier molecular flexibility index (Phi) is 4.27. The summed E-state index contributed by atoms with van der Waals surface area (Å²) in [7, 11) is 0. The number of nitrogens with zero attached hydrogens (tertiary/aromatic N) is 2. The molecule has 1 saturated carbocycles. The van der Waals surface area contributed by atoms with Crippen molar-refractivity contribution in [3.8, 4) is 0 Å². The topological polar surface area (TPSA) is 49.8 Å². The van der Waals surface area contributed by atoms with E-state index in [-0.39, 0.29) is 0 Å². The second-order valence-electron chi connectivity index (χ2n) is 6.11. The zero-order chi connectivity index (χ0) is 13.9. The Hall–Kier alpha value is -1.32. The van der Waals surface area contributed by atoms with Crippen molar-refractivity contribution in [2.45, 2.75) is 47.0 Å². The zero-order valence-corrected chi connectivity index (χ0v) is 12.6. The lowest BCUT2D eigenvalue weighted by atomic mass is 10.1. The van der Waals surface area contributed by atoms with E-state index >= 15 is 0 Å². The molecule has 1 atom stereocenters. The minimum absolute atomic E-state index is 0.511. The second-order valence-corrected chi connectivity index (χ2v) is 6.11. The minimum atomic E-state index is 0.511. The van der Waals surface area contributed by atoms with Gasteiger partial charge in [0.2, 0.25) is 0 Å². The second kappa shape index (κ2) is 5.76. The van der Waals surface area contributed by atoms with Gasteiger partial charge >= 0.3 is 0 Å². The van der Waals surface area contributed by atoms with Crippen molar-refractivity contribution < 1.29 is 0 Å². The lowest BCUT2D eigenvalue weighted by Crippen LogP contribution is -2.11. The lowest BCUT2D eigenvalue weighted by molar-refractivity contribution is 0.572. The van der Waals surface area contributed by atoms with Crippen LogP contribution in [-0.4, -0.2) is 23.1 Å². The van der Waals surface area contributed by atoms with E-state index in [2.05, 4.69) is 48.3 Å². The predicted octanol–water partition coefficient (Wildman–Crippen LogP) is 3.32. The average Bonchev–Trinajstić information content (AvgIpc) is 2.95. The van der Waals surface area contributed by atoms with E-state index in [0.29, 0.717) is 5.41 Å². The van der Waals surface area contributed by atoms with Gasteiger partial charge in [-0.2, -0.15) is 0 Å². The largest absolute Gasteiger partial charge is 0.370 e. The fraction of sp³-hybridized carbons (Fsp3) is 0.733. The van der Waals surface area contributed by atoms with Crippen LogP contribution in [0.2, 0.25) is 0 Å². The minimum Gasteiger partial charge on any atom is -0.370 e. The van der Waals surface area contributed by atoms with Crippen LogP contribution in [0.4, 0.5) is 11.6 Å². The van der Waals surface area contributed by atoms with Crippen LogP contribution in [0.15, 0.2) is 6.07 Å². The van der Waals surface area contributed by atoms with E-state index in [1.54, 1.807) is 0 Å². The molecule has 1 unspecified atom stereocenters. The molecule has 1 aliphatic rings. The molecule has 1 fully saturated rings. The van der Waals surface area contributed by atoms with Crippen molar-refractivity contribution in [2.24, 2.45) is 11.3 Å². The van der Waals surface area contributed by atoms with E-state index in [4.69, 9.17) is 0 Å². The average molecular weight is 262 g/mol. The van der Waals surface area contributed by atoms with E-state index in [1.165, 1.54) is 6.42 Å². The number of aryl methyl sites for hydroxylation is 1. The molecule has 0 aliphatic heterocycles. The van der Waals surface area contributed by atoms with Crippen molar-refractivity contribution in [1.82, 2.24) is 9.97 Å². The first kappa shape index (κ1) is 14.1. The highest BCUT2D eigenvalue weighted by molar-refractivity contribution is 5.47. The number of rotatable bonds is 7. The van der Waals surface area contributed by atoms with Gasteiger partial charge in [-0.3, -0.25) is 0 Å². The van der Waals surface area contributed by atoms with Gasteiger partial charge in [0.1, 0.15) is 17.5 Å². The molecule has 1 heterocycles. The maximum atomic E-state index is 4.59. The predicted molar refractivity (Wildman–Crippen MR) is 80.6 cm³/mol. The van der Waals surface area contributed by atoms with Gasteiger partial charge in [-0.25, -0.2) is 9.97 Å². The number of aromatic nitrogens is 2. The van der Waals surface area contributed by atoms with E-state index in [9.17, 15) is 0 Å². The Morgan fingerprint density at radius 1 is 1.21 bits per heavy atom. The van der Waals surface area contributed by atoms with Crippen LogP contribution in [0.3, 0.4) is 0 Å². The first-order chi connectivity index (χ1) is 9.05. The molecule has 1 aliphatic carbocycles. The highest BCUT2D eigenvalue weighted by atomic mass is 15.1. The third-order valence-electron chi connectivity index (χ3n) is 3.85. The summed E-state index contributed by atoms with van der Waals surface area (Å²) in [5, 5.41) is 6.74. The molecule has 1 aromatic rings. The Balaban J connectivity index is 2.01. The molecule has 0 amide bonds. The molecule has 0 saturated heterocycles. The summed E-state index contributed by atoms with van der Waals surface area (Å²) in [5.74, 6) is 3.59. The third-order valence-corrected chi connectivity index (χ3v) is 3.85. The number of hydrogen-bond donors (Lipinski definition) is 2. The van der Waals surface area contributed by atoms with Crippen LogP contribution in [0.5, 0.6) is 0 Å². The maximum absolute atomic E-state index is 4.59. The fourth-order valence-corrected chi connectivity index (χ4v) is 2.35. The number of nitrogens with one attached hydrogen (secondary N) is 2. The molecule has 0 aromatic carbocycles. The molecule has 4 nitrogen and oxygen atoms in total. The van der Waals surface area contributed by atoms with Gasteiger partial charge in [-0.1, -0.05) is 20.8 Å². The van der Waals surface area contributed by atoms with Gasteiger partial charge in [-0.05, 0) is 31.1 Å². The summed E-state index contributed by atoms with van der Waals surface area (Å²) >= 11 is 0. The molecular weight excluding hydrogens is 236 g/mol. The monoisotopic (exact) mass is 262 g/mol. The highest BCUT2D eigenvalue weighted by Gasteiger charge is 2.44. The van der Waals surface area contributed by atoms with Crippen molar-refractivity contribution in [3.63, 3.8) is 0 Å². The van der Waals surface area contributed by atoms with Gasteiger partial charge in [0.05, 0.1) is 0 Å².